The van der Waals surface area contributed by atoms with Crippen molar-refractivity contribution in [2.75, 3.05) is 13.7 Å². The monoisotopic (exact) mass is 295 g/mol. The molecular formula is C15H21NO5. The van der Waals surface area contributed by atoms with Gasteiger partial charge in [0.05, 0.1) is 7.11 Å². The van der Waals surface area contributed by atoms with Crippen LogP contribution in [-0.2, 0) is 16.1 Å². The topological polar surface area (TPSA) is 76.1 Å². The van der Waals surface area contributed by atoms with E-state index in [1.807, 2.05) is 0 Å². The van der Waals surface area contributed by atoms with Crippen molar-refractivity contribution in [3.63, 3.8) is 0 Å². The second kappa shape index (κ2) is 6.97. The molecule has 6 heteroatoms. The average Bonchev–Trinajstić information content (AvgIpc) is 2.36. The molecule has 1 rings (SSSR count). The Balaban J connectivity index is 2.81. The van der Waals surface area contributed by atoms with E-state index in [2.05, 4.69) is 0 Å². The molecule has 1 aromatic rings. The number of carbonyl (C=O) groups excluding carboxylic acids is 1. The molecule has 0 aliphatic rings. The molecule has 0 fully saturated rings. The summed E-state index contributed by atoms with van der Waals surface area (Å²) in [5.74, 6) is -0.393. The van der Waals surface area contributed by atoms with E-state index in [1.54, 1.807) is 52.1 Å². The number of aliphatic carboxylic acids is 1. The summed E-state index contributed by atoms with van der Waals surface area (Å²) >= 11 is 0. The highest BCUT2D eigenvalue weighted by Crippen LogP contribution is 2.15. The standard InChI is InChI=1S/C15H21NO5/c1-15(2,3)21-14(19)16(10-13(17)18)9-11-5-7-12(20-4)8-6-11/h5-8H,9-10H2,1-4H3,(H,17,18). The minimum absolute atomic E-state index is 0.158. The van der Waals surface area contributed by atoms with Gasteiger partial charge in [-0.05, 0) is 38.5 Å². The van der Waals surface area contributed by atoms with Gasteiger partial charge in [-0.1, -0.05) is 12.1 Å². The van der Waals surface area contributed by atoms with Gasteiger partial charge in [0.25, 0.3) is 0 Å². The molecule has 0 aliphatic heterocycles. The normalized spacial score (nSPS) is 10.9. The van der Waals surface area contributed by atoms with Crippen LogP contribution in [0.3, 0.4) is 0 Å². The van der Waals surface area contributed by atoms with Crippen molar-refractivity contribution in [2.45, 2.75) is 32.9 Å². The molecular weight excluding hydrogens is 274 g/mol. The van der Waals surface area contributed by atoms with Gasteiger partial charge in [-0.25, -0.2) is 4.79 Å². The molecule has 0 unspecified atom stereocenters. The van der Waals surface area contributed by atoms with Crippen LogP contribution in [0, 0.1) is 0 Å². The van der Waals surface area contributed by atoms with Gasteiger partial charge in [0, 0.05) is 6.54 Å². The Kier molecular flexibility index (Phi) is 5.58. The molecule has 116 valence electrons. The summed E-state index contributed by atoms with van der Waals surface area (Å²) in [7, 11) is 1.56. The van der Waals surface area contributed by atoms with Crippen LogP contribution < -0.4 is 4.74 Å². The van der Waals surface area contributed by atoms with Crippen LogP contribution in [0.15, 0.2) is 24.3 Å². The lowest BCUT2D eigenvalue weighted by atomic mass is 10.2. The Morgan fingerprint density at radius 2 is 1.76 bits per heavy atom. The van der Waals surface area contributed by atoms with Crippen LogP contribution in [0.2, 0.25) is 0 Å². The zero-order valence-corrected chi connectivity index (χ0v) is 12.8. The number of methoxy groups -OCH3 is 1. The minimum Gasteiger partial charge on any atom is -0.497 e. The fourth-order valence-electron chi connectivity index (χ4n) is 1.63. The van der Waals surface area contributed by atoms with Gasteiger partial charge in [0.1, 0.15) is 17.9 Å². The summed E-state index contributed by atoms with van der Waals surface area (Å²) in [5.41, 5.74) is 0.121. The second-order valence-corrected chi connectivity index (χ2v) is 5.58. The molecule has 1 amide bonds. The van der Waals surface area contributed by atoms with Crippen LogP contribution in [-0.4, -0.2) is 41.3 Å². The largest absolute Gasteiger partial charge is 0.497 e. The van der Waals surface area contributed by atoms with Gasteiger partial charge in [-0.15, -0.1) is 0 Å². The molecule has 0 aromatic heterocycles. The highest BCUT2D eigenvalue weighted by molar-refractivity contribution is 5.76. The van der Waals surface area contributed by atoms with Crippen LogP contribution >= 0.6 is 0 Å². The minimum atomic E-state index is -1.09. The van der Waals surface area contributed by atoms with E-state index in [1.165, 1.54) is 0 Å². The highest BCUT2D eigenvalue weighted by atomic mass is 16.6. The van der Waals surface area contributed by atoms with Crippen molar-refractivity contribution in [1.82, 2.24) is 4.90 Å². The summed E-state index contributed by atoms with van der Waals surface area (Å²) < 4.78 is 10.3. The van der Waals surface area contributed by atoms with E-state index < -0.39 is 24.2 Å². The molecule has 0 saturated carbocycles. The first-order valence-electron chi connectivity index (χ1n) is 6.54. The smallest absolute Gasteiger partial charge is 0.411 e. The summed E-state index contributed by atoms with van der Waals surface area (Å²) in [4.78, 5) is 24.1. The van der Waals surface area contributed by atoms with E-state index in [-0.39, 0.29) is 6.54 Å². The predicted octanol–water partition coefficient (Wildman–Crippen LogP) is 2.52. The molecule has 0 aliphatic carbocycles. The molecule has 0 spiro atoms. The zero-order valence-electron chi connectivity index (χ0n) is 12.8. The number of hydrogen-bond donors (Lipinski definition) is 1. The number of carboxylic acid groups (broad SMARTS) is 1. The Morgan fingerprint density at radius 3 is 2.19 bits per heavy atom. The summed E-state index contributed by atoms with van der Waals surface area (Å²) in [5, 5.41) is 8.92. The Hall–Kier alpha value is -2.24. The molecule has 0 heterocycles. The van der Waals surface area contributed by atoms with Crippen molar-refractivity contribution < 1.29 is 24.2 Å². The fourth-order valence-corrected chi connectivity index (χ4v) is 1.63. The van der Waals surface area contributed by atoms with Gasteiger partial charge in [0.2, 0.25) is 0 Å². The van der Waals surface area contributed by atoms with Crippen LogP contribution in [0.25, 0.3) is 0 Å². The number of hydrogen-bond acceptors (Lipinski definition) is 4. The quantitative estimate of drug-likeness (QED) is 0.903. The molecule has 0 saturated heterocycles. The summed E-state index contributed by atoms with van der Waals surface area (Å²) in [6.45, 7) is 4.94. The third-order valence-corrected chi connectivity index (χ3v) is 2.51. The first kappa shape index (κ1) is 16.8. The van der Waals surface area contributed by atoms with Gasteiger partial charge < -0.3 is 14.6 Å². The van der Waals surface area contributed by atoms with Crippen LogP contribution in [0.4, 0.5) is 4.79 Å². The molecule has 0 atom stereocenters. The lowest BCUT2D eigenvalue weighted by molar-refractivity contribution is -0.138. The van der Waals surface area contributed by atoms with Crippen molar-refractivity contribution in [2.24, 2.45) is 0 Å². The number of carbonyl (C=O) groups is 2. The van der Waals surface area contributed by atoms with Crippen molar-refractivity contribution in [1.29, 1.82) is 0 Å². The molecule has 6 nitrogen and oxygen atoms in total. The second-order valence-electron chi connectivity index (χ2n) is 5.58. The summed E-state index contributed by atoms with van der Waals surface area (Å²) in [6, 6.07) is 7.06. The molecule has 1 aromatic carbocycles. The van der Waals surface area contributed by atoms with Crippen molar-refractivity contribution >= 4 is 12.1 Å². The maximum absolute atomic E-state index is 12.0. The lowest BCUT2D eigenvalue weighted by Gasteiger charge is -2.26. The average molecular weight is 295 g/mol. The number of nitrogens with zero attached hydrogens (tertiary/aromatic N) is 1. The predicted molar refractivity (Wildman–Crippen MR) is 77.3 cm³/mol. The van der Waals surface area contributed by atoms with E-state index in [4.69, 9.17) is 14.6 Å². The van der Waals surface area contributed by atoms with Gasteiger partial charge >= 0.3 is 12.1 Å². The molecule has 1 N–H and O–H groups in total. The van der Waals surface area contributed by atoms with E-state index in [0.29, 0.717) is 5.75 Å². The third kappa shape index (κ3) is 6.16. The first-order valence-corrected chi connectivity index (χ1v) is 6.54. The number of benzene rings is 1. The maximum Gasteiger partial charge on any atom is 0.411 e. The van der Waals surface area contributed by atoms with Gasteiger partial charge in [0.15, 0.2) is 0 Å². The zero-order chi connectivity index (χ0) is 16.0. The van der Waals surface area contributed by atoms with Crippen molar-refractivity contribution in [3.8, 4) is 5.75 Å². The molecule has 0 radical (unpaired) electrons. The number of carboxylic acids is 1. The Labute approximate surface area is 124 Å². The Morgan fingerprint density at radius 1 is 1.19 bits per heavy atom. The summed E-state index contributed by atoms with van der Waals surface area (Å²) in [6.07, 6.45) is -0.652. The van der Waals surface area contributed by atoms with Crippen LogP contribution in [0.5, 0.6) is 5.75 Å². The van der Waals surface area contributed by atoms with Crippen LogP contribution in [0.1, 0.15) is 26.3 Å². The molecule has 21 heavy (non-hydrogen) atoms. The molecule has 0 bridgehead atoms. The third-order valence-electron chi connectivity index (χ3n) is 2.51. The van der Waals surface area contributed by atoms with E-state index >= 15 is 0 Å². The SMILES string of the molecule is COc1ccc(CN(CC(=O)O)C(=O)OC(C)(C)C)cc1. The van der Waals surface area contributed by atoms with Gasteiger partial charge in [-0.2, -0.15) is 0 Å². The number of rotatable bonds is 5. The highest BCUT2D eigenvalue weighted by Gasteiger charge is 2.24. The van der Waals surface area contributed by atoms with E-state index in [9.17, 15) is 9.59 Å². The maximum atomic E-state index is 12.0. The van der Waals surface area contributed by atoms with Crippen molar-refractivity contribution in [3.05, 3.63) is 29.8 Å². The lowest BCUT2D eigenvalue weighted by Crippen LogP contribution is -2.39. The number of ether oxygens (including phenoxy) is 2. The number of amides is 1. The fraction of sp³-hybridized carbons (Fsp3) is 0.467. The van der Waals surface area contributed by atoms with Gasteiger partial charge in [-0.3, -0.25) is 9.69 Å². The first-order chi connectivity index (χ1) is 9.71. The Bertz CT molecular complexity index is 490. The van der Waals surface area contributed by atoms with E-state index in [0.717, 1.165) is 10.5 Å².